The second kappa shape index (κ2) is 6.68. The number of hydrogen-bond acceptors (Lipinski definition) is 0. The van der Waals surface area contributed by atoms with Crippen molar-refractivity contribution in [1.29, 1.82) is 0 Å². The highest BCUT2D eigenvalue weighted by Gasteiger charge is 2.39. The van der Waals surface area contributed by atoms with E-state index < -0.39 is 0 Å². The van der Waals surface area contributed by atoms with E-state index >= 15 is 0 Å². The predicted octanol–water partition coefficient (Wildman–Crippen LogP) is 8.48. The Bertz CT molecular complexity index is 1420. The lowest BCUT2D eigenvalue weighted by molar-refractivity contribution is 0.666. The van der Waals surface area contributed by atoms with Crippen LogP contribution in [-0.2, 0) is 5.41 Å². The van der Waals surface area contributed by atoms with Crippen molar-refractivity contribution in [2.24, 2.45) is 0 Å². The monoisotopic (exact) mass is 396 g/mol. The highest BCUT2D eigenvalue weighted by Crippen LogP contribution is 2.57. The lowest BCUT2D eigenvalue weighted by atomic mass is 9.77. The molecule has 0 saturated heterocycles. The van der Waals surface area contributed by atoms with Crippen LogP contribution in [-0.4, -0.2) is 0 Å². The van der Waals surface area contributed by atoms with Gasteiger partial charge < -0.3 is 0 Å². The Morgan fingerprint density at radius 1 is 0.452 bits per heavy atom. The summed E-state index contributed by atoms with van der Waals surface area (Å²) in [6, 6.07) is 39.7. The highest BCUT2D eigenvalue weighted by molar-refractivity contribution is 6.14. The summed E-state index contributed by atoms with van der Waals surface area (Å²) >= 11 is 0. The van der Waals surface area contributed by atoms with Crippen LogP contribution in [0, 0.1) is 0 Å². The summed E-state index contributed by atoms with van der Waals surface area (Å²) in [5.74, 6) is 0. The fourth-order valence-corrected chi connectivity index (χ4v) is 5.54. The summed E-state index contributed by atoms with van der Waals surface area (Å²) < 4.78 is 0. The van der Waals surface area contributed by atoms with Crippen molar-refractivity contribution >= 4 is 10.8 Å². The fourth-order valence-electron chi connectivity index (χ4n) is 5.54. The normalized spacial score (nSPS) is 13.7. The largest absolute Gasteiger partial charge is 0.0622 e. The van der Waals surface area contributed by atoms with Crippen LogP contribution in [0.25, 0.3) is 44.2 Å². The Morgan fingerprint density at radius 3 is 1.65 bits per heavy atom. The molecule has 0 aliphatic heterocycles. The van der Waals surface area contributed by atoms with E-state index in [1.165, 1.54) is 55.3 Å². The molecule has 6 rings (SSSR count). The molecule has 1 aliphatic carbocycles. The molecular formula is C31H24. The summed E-state index contributed by atoms with van der Waals surface area (Å²) in [5.41, 5.74) is 10.8. The summed E-state index contributed by atoms with van der Waals surface area (Å²) in [6.45, 7) is 4.75. The zero-order chi connectivity index (χ0) is 21.0. The first kappa shape index (κ1) is 18.2. The summed E-state index contributed by atoms with van der Waals surface area (Å²) in [7, 11) is 0. The smallest absolute Gasteiger partial charge is 0.0165 e. The molecular weight excluding hydrogens is 372 g/mol. The first-order valence-electron chi connectivity index (χ1n) is 11.0. The lowest BCUT2D eigenvalue weighted by Crippen LogP contribution is -2.15. The van der Waals surface area contributed by atoms with Crippen molar-refractivity contribution in [3.63, 3.8) is 0 Å². The van der Waals surface area contributed by atoms with Crippen LogP contribution in [0.2, 0.25) is 0 Å². The Labute approximate surface area is 183 Å². The van der Waals surface area contributed by atoms with Crippen molar-refractivity contribution in [2.75, 3.05) is 0 Å². The van der Waals surface area contributed by atoms with Gasteiger partial charge in [-0.25, -0.2) is 0 Å². The molecule has 31 heavy (non-hydrogen) atoms. The van der Waals surface area contributed by atoms with Gasteiger partial charge in [0.2, 0.25) is 0 Å². The van der Waals surface area contributed by atoms with Crippen molar-refractivity contribution in [1.82, 2.24) is 0 Å². The number of benzene rings is 5. The quantitative estimate of drug-likeness (QED) is 0.281. The molecule has 0 bridgehead atoms. The topological polar surface area (TPSA) is 0 Å². The molecule has 0 heterocycles. The molecule has 0 fully saturated rings. The zero-order valence-electron chi connectivity index (χ0n) is 17.9. The second-order valence-electron chi connectivity index (χ2n) is 8.95. The van der Waals surface area contributed by atoms with E-state index in [0.29, 0.717) is 0 Å². The Morgan fingerprint density at radius 2 is 0.968 bits per heavy atom. The third kappa shape index (κ3) is 2.55. The van der Waals surface area contributed by atoms with Crippen molar-refractivity contribution in [3.05, 3.63) is 120 Å². The highest BCUT2D eigenvalue weighted by atomic mass is 14.4. The average Bonchev–Trinajstić information content (AvgIpc) is 3.07. The third-order valence-electron chi connectivity index (χ3n) is 6.84. The molecule has 0 atom stereocenters. The van der Waals surface area contributed by atoms with Gasteiger partial charge >= 0.3 is 0 Å². The molecule has 0 N–H and O–H groups in total. The van der Waals surface area contributed by atoms with Gasteiger partial charge in [0.1, 0.15) is 0 Å². The molecule has 0 spiro atoms. The van der Waals surface area contributed by atoms with Gasteiger partial charge in [0.05, 0.1) is 0 Å². The van der Waals surface area contributed by atoms with E-state index in [9.17, 15) is 0 Å². The van der Waals surface area contributed by atoms with Crippen LogP contribution in [0.1, 0.15) is 25.0 Å². The van der Waals surface area contributed by atoms with Crippen molar-refractivity contribution < 1.29 is 0 Å². The first-order valence-corrected chi connectivity index (χ1v) is 11.0. The van der Waals surface area contributed by atoms with Gasteiger partial charge in [-0.1, -0.05) is 123 Å². The third-order valence-corrected chi connectivity index (χ3v) is 6.84. The van der Waals surface area contributed by atoms with Crippen LogP contribution in [0.5, 0.6) is 0 Å². The van der Waals surface area contributed by atoms with E-state index in [-0.39, 0.29) is 5.41 Å². The molecule has 148 valence electrons. The standard InChI is InChI=1S/C31H24/c1-31(2)26-20-12-11-19-25(26)29-28(22-15-7-4-8-16-22)27(21-13-5-3-6-14-21)23-17-9-10-18-24(23)30(29)31/h3-20H,1-2H3. The number of rotatable bonds is 2. The fraction of sp³-hybridized carbons (Fsp3) is 0.0968. The van der Waals surface area contributed by atoms with Crippen LogP contribution >= 0.6 is 0 Å². The van der Waals surface area contributed by atoms with Gasteiger partial charge in [-0.05, 0) is 55.3 Å². The van der Waals surface area contributed by atoms with Crippen LogP contribution < -0.4 is 0 Å². The maximum Gasteiger partial charge on any atom is 0.0165 e. The van der Waals surface area contributed by atoms with E-state index in [2.05, 4.69) is 123 Å². The predicted molar refractivity (Wildman–Crippen MR) is 132 cm³/mol. The minimum atomic E-state index is -0.0513. The zero-order valence-corrected chi connectivity index (χ0v) is 17.9. The summed E-state index contributed by atoms with van der Waals surface area (Å²) in [6.07, 6.45) is 0. The molecule has 0 heteroatoms. The SMILES string of the molecule is CC1(C)c2ccccc2-c2c(-c3ccccc3)c(-c3ccccc3)c3ccccc3c21. The van der Waals surface area contributed by atoms with Gasteiger partial charge in [0, 0.05) is 5.41 Å². The van der Waals surface area contributed by atoms with Gasteiger partial charge in [0.15, 0.2) is 0 Å². The molecule has 0 saturated carbocycles. The molecule has 0 radical (unpaired) electrons. The Kier molecular flexibility index (Phi) is 3.91. The maximum atomic E-state index is 2.38. The maximum absolute atomic E-state index is 2.38. The van der Waals surface area contributed by atoms with Gasteiger partial charge in [-0.3, -0.25) is 0 Å². The van der Waals surface area contributed by atoms with E-state index in [4.69, 9.17) is 0 Å². The number of fused-ring (bicyclic) bond motifs is 5. The minimum absolute atomic E-state index is 0.0513. The van der Waals surface area contributed by atoms with Gasteiger partial charge in [-0.2, -0.15) is 0 Å². The lowest BCUT2D eigenvalue weighted by Gasteiger charge is -2.26. The molecule has 5 aromatic rings. The molecule has 0 amide bonds. The number of hydrogen-bond donors (Lipinski definition) is 0. The molecule has 1 aliphatic rings. The van der Waals surface area contributed by atoms with E-state index in [1.54, 1.807) is 0 Å². The van der Waals surface area contributed by atoms with E-state index in [1.807, 2.05) is 0 Å². The Hall–Kier alpha value is -3.64. The van der Waals surface area contributed by atoms with E-state index in [0.717, 1.165) is 0 Å². The summed E-state index contributed by atoms with van der Waals surface area (Å²) in [5, 5.41) is 2.68. The minimum Gasteiger partial charge on any atom is -0.0622 e. The van der Waals surface area contributed by atoms with Crippen LogP contribution in [0.15, 0.2) is 109 Å². The van der Waals surface area contributed by atoms with Crippen LogP contribution in [0.3, 0.4) is 0 Å². The summed E-state index contributed by atoms with van der Waals surface area (Å²) in [4.78, 5) is 0. The molecule has 0 unspecified atom stereocenters. The molecule has 0 aromatic heterocycles. The van der Waals surface area contributed by atoms with Crippen molar-refractivity contribution in [2.45, 2.75) is 19.3 Å². The van der Waals surface area contributed by atoms with Crippen LogP contribution in [0.4, 0.5) is 0 Å². The Balaban J connectivity index is 1.90. The molecule has 5 aromatic carbocycles. The second-order valence-corrected chi connectivity index (χ2v) is 8.95. The van der Waals surface area contributed by atoms with Gasteiger partial charge in [0.25, 0.3) is 0 Å². The van der Waals surface area contributed by atoms with Crippen molar-refractivity contribution in [3.8, 4) is 33.4 Å². The van der Waals surface area contributed by atoms with Gasteiger partial charge in [-0.15, -0.1) is 0 Å². The average molecular weight is 397 g/mol. The first-order chi connectivity index (χ1) is 15.2. The molecule has 0 nitrogen and oxygen atoms in total.